The van der Waals surface area contributed by atoms with Crippen LogP contribution in [0.3, 0.4) is 0 Å². The first-order valence-electron chi connectivity index (χ1n) is 6.35. The van der Waals surface area contributed by atoms with Crippen molar-refractivity contribution in [3.05, 3.63) is 29.8 Å². The summed E-state index contributed by atoms with van der Waals surface area (Å²) in [5.74, 6) is 7.46. The van der Waals surface area contributed by atoms with Gasteiger partial charge in [0.1, 0.15) is 5.75 Å². The molecule has 0 aliphatic heterocycles. The average molecular weight is 279 g/mol. The van der Waals surface area contributed by atoms with Gasteiger partial charge in [-0.05, 0) is 25.1 Å². The molecule has 2 unspecified atom stereocenters. The molecule has 0 fully saturated rings. The molecule has 104 valence electrons. The zero-order chi connectivity index (χ0) is 14.1. The Hall–Kier alpha value is -1.15. The van der Waals surface area contributed by atoms with Crippen LogP contribution in [0.1, 0.15) is 19.4 Å². The molecule has 1 rings (SSSR count). The first-order valence-corrected chi connectivity index (χ1v) is 7.40. The molecule has 0 radical (unpaired) electrons. The molecule has 3 nitrogen and oxygen atoms in total. The maximum Gasteiger partial charge on any atom is 0.120 e. The number of thioether (sulfide) groups is 1. The molecule has 0 amide bonds. The fraction of sp³-hybridized carbons (Fsp3) is 0.467. The Kier molecular flexibility index (Phi) is 7.42. The summed E-state index contributed by atoms with van der Waals surface area (Å²) in [4.78, 5) is 0. The van der Waals surface area contributed by atoms with Crippen LogP contribution in [0.5, 0.6) is 5.75 Å². The van der Waals surface area contributed by atoms with Crippen molar-refractivity contribution in [1.82, 2.24) is 0 Å². The molecular formula is C15H21NO2S. The van der Waals surface area contributed by atoms with Crippen LogP contribution >= 0.6 is 11.8 Å². The van der Waals surface area contributed by atoms with Crippen LogP contribution in [-0.4, -0.2) is 35.4 Å². The lowest BCUT2D eigenvalue weighted by molar-refractivity contribution is 0.196. The van der Waals surface area contributed by atoms with Crippen molar-refractivity contribution in [2.24, 2.45) is 5.73 Å². The summed E-state index contributed by atoms with van der Waals surface area (Å²) in [5.41, 5.74) is 6.25. The van der Waals surface area contributed by atoms with Gasteiger partial charge in [0.15, 0.2) is 0 Å². The Balaban J connectivity index is 2.37. The molecule has 0 saturated heterocycles. The van der Waals surface area contributed by atoms with Crippen molar-refractivity contribution >= 4 is 11.8 Å². The summed E-state index contributed by atoms with van der Waals surface area (Å²) in [5, 5.41) is 9.60. The summed E-state index contributed by atoms with van der Waals surface area (Å²) in [6, 6.07) is 7.67. The van der Waals surface area contributed by atoms with E-state index < -0.39 is 0 Å². The van der Waals surface area contributed by atoms with Gasteiger partial charge < -0.3 is 15.6 Å². The zero-order valence-electron chi connectivity index (χ0n) is 11.4. The second kappa shape index (κ2) is 8.87. The Morgan fingerprint density at radius 1 is 1.42 bits per heavy atom. The number of aliphatic hydroxyl groups excluding tert-OH is 1. The van der Waals surface area contributed by atoms with Gasteiger partial charge >= 0.3 is 0 Å². The van der Waals surface area contributed by atoms with Crippen molar-refractivity contribution < 1.29 is 9.84 Å². The quantitative estimate of drug-likeness (QED) is 0.616. The van der Waals surface area contributed by atoms with Gasteiger partial charge in [0.05, 0.1) is 19.3 Å². The van der Waals surface area contributed by atoms with E-state index in [4.69, 9.17) is 10.5 Å². The number of rotatable bonds is 6. The van der Waals surface area contributed by atoms with Gasteiger partial charge in [-0.25, -0.2) is 0 Å². The van der Waals surface area contributed by atoms with Gasteiger partial charge in [0.2, 0.25) is 0 Å². The third-order valence-electron chi connectivity index (χ3n) is 2.58. The van der Waals surface area contributed by atoms with Crippen LogP contribution < -0.4 is 10.5 Å². The second-order valence-electron chi connectivity index (χ2n) is 4.20. The molecule has 1 aromatic rings. The first-order chi connectivity index (χ1) is 9.13. The van der Waals surface area contributed by atoms with Crippen molar-refractivity contribution in [1.29, 1.82) is 0 Å². The van der Waals surface area contributed by atoms with E-state index >= 15 is 0 Å². The molecule has 1 aromatic carbocycles. The average Bonchev–Trinajstić information content (AvgIpc) is 2.41. The summed E-state index contributed by atoms with van der Waals surface area (Å²) >= 11 is 1.70. The molecule has 4 heteroatoms. The highest BCUT2D eigenvalue weighted by Crippen LogP contribution is 2.16. The maximum atomic E-state index is 9.37. The topological polar surface area (TPSA) is 55.5 Å². The second-order valence-corrected chi connectivity index (χ2v) is 5.68. The van der Waals surface area contributed by atoms with Crippen LogP contribution in [0.15, 0.2) is 24.3 Å². The molecule has 0 aliphatic carbocycles. The smallest absolute Gasteiger partial charge is 0.120 e. The summed E-state index contributed by atoms with van der Waals surface area (Å²) in [6.07, 6.45) is -0.292. The predicted molar refractivity (Wildman–Crippen MR) is 81.5 cm³/mol. The highest BCUT2D eigenvalue weighted by molar-refractivity contribution is 7.99. The molecule has 0 heterocycles. The number of ether oxygens (including phenoxy) is 1. The van der Waals surface area contributed by atoms with E-state index in [0.717, 1.165) is 17.1 Å². The van der Waals surface area contributed by atoms with Gasteiger partial charge in [0.25, 0.3) is 0 Å². The van der Waals surface area contributed by atoms with Crippen molar-refractivity contribution in [2.75, 3.05) is 18.9 Å². The van der Waals surface area contributed by atoms with Gasteiger partial charge in [-0.1, -0.05) is 24.8 Å². The first kappa shape index (κ1) is 15.9. The zero-order valence-corrected chi connectivity index (χ0v) is 12.2. The SMILES string of the molecule is CC(O)C(C)SCCOc1cccc(C#CCN)c1. The van der Waals surface area contributed by atoms with E-state index in [2.05, 4.69) is 11.8 Å². The molecule has 0 saturated carbocycles. The van der Waals surface area contributed by atoms with E-state index in [1.54, 1.807) is 18.7 Å². The minimum atomic E-state index is -0.292. The monoisotopic (exact) mass is 279 g/mol. The number of benzene rings is 1. The van der Waals surface area contributed by atoms with E-state index in [1.165, 1.54) is 0 Å². The molecule has 0 spiro atoms. The third kappa shape index (κ3) is 6.53. The lowest BCUT2D eigenvalue weighted by atomic mass is 10.2. The van der Waals surface area contributed by atoms with Gasteiger partial charge in [-0.3, -0.25) is 0 Å². The standard InChI is InChI=1S/C15H21NO2S/c1-12(17)13(2)19-10-9-18-15-7-3-5-14(11-15)6-4-8-16/h3,5,7,11-13,17H,8-10,16H2,1-2H3. The largest absolute Gasteiger partial charge is 0.493 e. The van der Waals surface area contributed by atoms with E-state index in [0.29, 0.717) is 13.2 Å². The van der Waals surface area contributed by atoms with Crippen LogP contribution in [0.25, 0.3) is 0 Å². The normalized spacial score (nSPS) is 13.3. The van der Waals surface area contributed by atoms with Gasteiger partial charge in [-0.2, -0.15) is 11.8 Å². The highest BCUT2D eigenvalue weighted by Gasteiger charge is 2.08. The minimum absolute atomic E-state index is 0.227. The fourth-order valence-electron chi connectivity index (χ4n) is 1.35. The Morgan fingerprint density at radius 3 is 2.89 bits per heavy atom. The van der Waals surface area contributed by atoms with Crippen LogP contribution in [0.2, 0.25) is 0 Å². The minimum Gasteiger partial charge on any atom is -0.493 e. The predicted octanol–water partition coefficient (Wildman–Crippen LogP) is 1.88. The summed E-state index contributed by atoms with van der Waals surface area (Å²) in [6.45, 7) is 4.80. The van der Waals surface area contributed by atoms with Gasteiger partial charge in [-0.15, -0.1) is 0 Å². The number of nitrogens with two attached hydrogens (primary N) is 1. The number of hydrogen-bond acceptors (Lipinski definition) is 4. The Morgan fingerprint density at radius 2 is 2.21 bits per heavy atom. The van der Waals surface area contributed by atoms with E-state index in [1.807, 2.05) is 31.2 Å². The summed E-state index contributed by atoms with van der Waals surface area (Å²) in [7, 11) is 0. The Bertz CT molecular complexity index is 437. The molecule has 2 atom stereocenters. The van der Waals surface area contributed by atoms with Crippen LogP contribution in [0.4, 0.5) is 0 Å². The number of hydrogen-bond donors (Lipinski definition) is 2. The molecule has 19 heavy (non-hydrogen) atoms. The molecule has 0 bridgehead atoms. The fourth-order valence-corrected chi connectivity index (χ4v) is 2.18. The van der Waals surface area contributed by atoms with Crippen LogP contribution in [-0.2, 0) is 0 Å². The number of aliphatic hydroxyl groups is 1. The lowest BCUT2D eigenvalue weighted by Crippen LogP contribution is -2.17. The molecule has 0 aliphatic rings. The molecular weight excluding hydrogens is 258 g/mol. The third-order valence-corrected chi connectivity index (χ3v) is 3.90. The molecule has 3 N–H and O–H groups in total. The van der Waals surface area contributed by atoms with Crippen molar-refractivity contribution in [3.8, 4) is 17.6 Å². The van der Waals surface area contributed by atoms with Crippen molar-refractivity contribution in [2.45, 2.75) is 25.2 Å². The lowest BCUT2D eigenvalue weighted by Gasteiger charge is -2.14. The summed E-state index contributed by atoms with van der Waals surface area (Å²) < 4.78 is 5.66. The van der Waals surface area contributed by atoms with Gasteiger partial charge in [0, 0.05) is 16.6 Å². The molecule has 0 aromatic heterocycles. The Labute approximate surface area is 119 Å². The van der Waals surface area contributed by atoms with E-state index in [-0.39, 0.29) is 11.4 Å². The van der Waals surface area contributed by atoms with Crippen LogP contribution in [0, 0.1) is 11.8 Å². The highest BCUT2D eigenvalue weighted by atomic mass is 32.2. The maximum absolute atomic E-state index is 9.37. The van der Waals surface area contributed by atoms with Crippen molar-refractivity contribution in [3.63, 3.8) is 0 Å². The van der Waals surface area contributed by atoms with E-state index in [9.17, 15) is 5.11 Å².